The number of rotatable bonds is 6. The van der Waals surface area contributed by atoms with Crippen LogP contribution in [0.15, 0.2) is 48.5 Å². The fraction of sp³-hybridized carbons (Fsp3) is 0.417. The van der Waals surface area contributed by atoms with E-state index in [1.165, 1.54) is 44.1 Å². The van der Waals surface area contributed by atoms with Crippen LogP contribution in [0.4, 0.5) is 4.79 Å². The average molecular weight is 377 g/mol. The van der Waals surface area contributed by atoms with Crippen LogP contribution in [0.1, 0.15) is 66.7 Å². The number of carbonyl (C=O) groups is 1. The fourth-order valence-electron chi connectivity index (χ4n) is 3.75. The van der Waals surface area contributed by atoms with E-state index < -0.39 is 6.09 Å². The van der Waals surface area contributed by atoms with Crippen molar-refractivity contribution in [3.05, 3.63) is 70.8 Å². The maximum absolute atomic E-state index is 11.9. The molecular formula is C24H28N2O2. The summed E-state index contributed by atoms with van der Waals surface area (Å²) >= 11 is 0. The van der Waals surface area contributed by atoms with E-state index in [1.807, 2.05) is 12.1 Å². The molecule has 0 aliphatic heterocycles. The highest BCUT2D eigenvalue weighted by Crippen LogP contribution is 2.31. The number of ether oxygens (including phenoxy) is 1. The minimum absolute atomic E-state index is 0.285. The van der Waals surface area contributed by atoms with Gasteiger partial charge in [0.2, 0.25) is 0 Å². The van der Waals surface area contributed by atoms with Crippen molar-refractivity contribution < 1.29 is 9.53 Å². The van der Waals surface area contributed by atoms with E-state index in [9.17, 15) is 4.79 Å². The molecular weight excluding hydrogens is 348 g/mol. The van der Waals surface area contributed by atoms with Crippen LogP contribution in [-0.2, 0) is 17.8 Å². The number of amides is 1. The van der Waals surface area contributed by atoms with Gasteiger partial charge < -0.3 is 10.1 Å². The predicted molar refractivity (Wildman–Crippen MR) is 110 cm³/mol. The lowest BCUT2D eigenvalue weighted by Gasteiger charge is -2.15. The van der Waals surface area contributed by atoms with Crippen LogP contribution in [0.25, 0.3) is 0 Å². The molecule has 1 aliphatic carbocycles. The monoisotopic (exact) mass is 376 g/mol. The predicted octanol–water partition coefficient (Wildman–Crippen LogP) is 5.46. The Morgan fingerprint density at radius 2 is 1.61 bits per heavy atom. The minimum Gasteiger partial charge on any atom is -0.445 e. The van der Waals surface area contributed by atoms with E-state index in [1.54, 1.807) is 12.1 Å². The molecule has 1 N–H and O–H groups in total. The van der Waals surface area contributed by atoms with Crippen molar-refractivity contribution >= 4 is 6.09 Å². The Balaban J connectivity index is 1.38. The Labute approximate surface area is 167 Å². The van der Waals surface area contributed by atoms with Gasteiger partial charge in [0.15, 0.2) is 0 Å². The number of hydrogen-bond acceptors (Lipinski definition) is 3. The number of benzene rings is 2. The third kappa shape index (κ3) is 6.13. The zero-order valence-electron chi connectivity index (χ0n) is 16.3. The van der Waals surface area contributed by atoms with Gasteiger partial charge in [0.25, 0.3) is 0 Å². The first-order chi connectivity index (χ1) is 13.7. The molecule has 1 fully saturated rings. The highest BCUT2D eigenvalue weighted by molar-refractivity contribution is 5.67. The van der Waals surface area contributed by atoms with E-state index in [-0.39, 0.29) is 6.61 Å². The second-order valence-corrected chi connectivity index (χ2v) is 7.49. The van der Waals surface area contributed by atoms with Crippen LogP contribution in [0.5, 0.6) is 0 Å². The molecule has 0 saturated heterocycles. The van der Waals surface area contributed by atoms with Crippen LogP contribution >= 0.6 is 0 Å². The lowest BCUT2D eigenvalue weighted by atomic mass is 9.91. The van der Waals surface area contributed by atoms with Gasteiger partial charge in [-0.05, 0) is 54.0 Å². The summed E-state index contributed by atoms with van der Waals surface area (Å²) in [4.78, 5) is 11.9. The van der Waals surface area contributed by atoms with Gasteiger partial charge in [-0.2, -0.15) is 5.26 Å². The number of nitriles is 1. The molecule has 28 heavy (non-hydrogen) atoms. The van der Waals surface area contributed by atoms with Crippen molar-refractivity contribution in [2.24, 2.45) is 0 Å². The van der Waals surface area contributed by atoms with Gasteiger partial charge >= 0.3 is 6.09 Å². The Bertz CT molecular complexity index is 783. The molecule has 0 atom stereocenters. The summed E-state index contributed by atoms with van der Waals surface area (Å²) < 4.78 is 5.31. The van der Waals surface area contributed by atoms with E-state index in [4.69, 9.17) is 10.00 Å². The van der Waals surface area contributed by atoms with E-state index in [0.717, 1.165) is 11.1 Å². The first-order valence-corrected chi connectivity index (χ1v) is 10.2. The lowest BCUT2D eigenvalue weighted by molar-refractivity contribution is 0.140. The molecule has 0 heterocycles. The molecule has 0 unspecified atom stereocenters. The molecule has 0 aromatic heterocycles. The number of hydrogen-bond donors (Lipinski definition) is 1. The quantitative estimate of drug-likeness (QED) is 0.681. The average Bonchev–Trinajstić information content (AvgIpc) is 3.03. The highest BCUT2D eigenvalue weighted by atomic mass is 16.5. The zero-order chi connectivity index (χ0) is 19.6. The SMILES string of the molecule is N#Cc1ccc(CCNC(=O)OCc2ccc(C3CCCCCC3)cc2)cc1. The van der Waals surface area contributed by atoms with Gasteiger partial charge in [0, 0.05) is 6.54 Å². The normalized spacial score (nSPS) is 14.7. The van der Waals surface area contributed by atoms with Gasteiger partial charge in [0.1, 0.15) is 6.61 Å². The van der Waals surface area contributed by atoms with E-state index >= 15 is 0 Å². The Hall–Kier alpha value is -2.80. The molecule has 3 rings (SSSR count). The van der Waals surface area contributed by atoms with Crippen molar-refractivity contribution in [2.45, 2.75) is 57.5 Å². The maximum atomic E-state index is 11.9. The van der Waals surface area contributed by atoms with Crippen LogP contribution in [0.2, 0.25) is 0 Å². The van der Waals surface area contributed by atoms with Crippen molar-refractivity contribution in [1.82, 2.24) is 5.32 Å². The third-order valence-corrected chi connectivity index (χ3v) is 5.44. The molecule has 0 bridgehead atoms. The molecule has 4 heteroatoms. The van der Waals surface area contributed by atoms with Gasteiger partial charge in [-0.1, -0.05) is 62.1 Å². The highest BCUT2D eigenvalue weighted by Gasteiger charge is 2.14. The van der Waals surface area contributed by atoms with E-state index in [2.05, 4.69) is 35.7 Å². The smallest absolute Gasteiger partial charge is 0.407 e. The second kappa shape index (κ2) is 10.5. The van der Waals surface area contributed by atoms with Crippen molar-refractivity contribution in [1.29, 1.82) is 5.26 Å². The Morgan fingerprint density at radius 3 is 2.25 bits per heavy atom. The summed E-state index contributed by atoms with van der Waals surface area (Å²) in [5.41, 5.74) is 4.15. The molecule has 2 aromatic carbocycles. The molecule has 0 radical (unpaired) electrons. The number of nitrogens with zero attached hydrogens (tertiary/aromatic N) is 1. The largest absolute Gasteiger partial charge is 0.445 e. The number of carbonyl (C=O) groups excluding carboxylic acids is 1. The summed E-state index contributed by atoms with van der Waals surface area (Å²) in [6.45, 7) is 0.791. The van der Waals surface area contributed by atoms with E-state index in [0.29, 0.717) is 24.4 Å². The van der Waals surface area contributed by atoms with Crippen molar-refractivity contribution in [3.8, 4) is 6.07 Å². The van der Waals surface area contributed by atoms with Crippen molar-refractivity contribution in [2.75, 3.05) is 6.54 Å². The molecule has 1 aliphatic rings. The van der Waals surface area contributed by atoms with Crippen LogP contribution < -0.4 is 5.32 Å². The van der Waals surface area contributed by atoms with Crippen LogP contribution in [0, 0.1) is 11.3 Å². The number of nitrogens with one attached hydrogen (secondary N) is 1. The number of alkyl carbamates (subject to hydrolysis) is 1. The molecule has 4 nitrogen and oxygen atoms in total. The first kappa shape index (κ1) is 19.9. The summed E-state index contributed by atoms with van der Waals surface area (Å²) in [6, 6.07) is 18.0. The topological polar surface area (TPSA) is 62.1 Å². The standard InChI is InChI=1S/C24H28N2O2/c25-17-20-9-7-19(8-10-20)15-16-26-24(27)28-18-21-11-13-23(14-12-21)22-5-3-1-2-4-6-22/h7-14,22H,1-6,15-16,18H2,(H,26,27). The zero-order valence-corrected chi connectivity index (χ0v) is 16.3. The summed E-state index contributed by atoms with van der Waals surface area (Å²) in [7, 11) is 0. The van der Waals surface area contributed by atoms with Gasteiger partial charge in [0.05, 0.1) is 11.6 Å². The molecule has 146 valence electrons. The summed E-state index contributed by atoms with van der Waals surface area (Å²) in [5, 5.41) is 11.6. The van der Waals surface area contributed by atoms with Gasteiger partial charge in [-0.3, -0.25) is 0 Å². The molecule has 1 amide bonds. The molecule has 0 spiro atoms. The molecule has 2 aromatic rings. The third-order valence-electron chi connectivity index (χ3n) is 5.44. The van der Waals surface area contributed by atoms with Gasteiger partial charge in [-0.15, -0.1) is 0 Å². The van der Waals surface area contributed by atoms with Crippen molar-refractivity contribution in [3.63, 3.8) is 0 Å². The maximum Gasteiger partial charge on any atom is 0.407 e. The fourth-order valence-corrected chi connectivity index (χ4v) is 3.75. The second-order valence-electron chi connectivity index (χ2n) is 7.49. The summed E-state index contributed by atoms with van der Waals surface area (Å²) in [6.07, 6.45) is 8.27. The minimum atomic E-state index is -0.401. The van der Waals surface area contributed by atoms with Crippen LogP contribution in [0.3, 0.4) is 0 Å². The van der Waals surface area contributed by atoms with Crippen LogP contribution in [-0.4, -0.2) is 12.6 Å². The molecule has 1 saturated carbocycles. The Morgan fingerprint density at radius 1 is 0.964 bits per heavy atom. The first-order valence-electron chi connectivity index (χ1n) is 10.2. The lowest BCUT2D eigenvalue weighted by Crippen LogP contribution is -2.26. The summed E-state index contributed by atoms with van der Waals surface area (Å²) in [5.74, 6) is 0.683. The van der Waals surface area contributed by atoms with Gasteiger partial charge in [-0.25, -0.2) is 4.79 Å². The Kier molecular flexibility index (Phi) is 7.49.